The minimum absolute atomic E-state index is 0.257. The molecule has 0 spiro atoms. The van der Waals surface area contributed by atoms with E-state index < -0.39 is 23.4 Å². The number of aromatic amines is 1. The lowest BCUT2D eigenvalue weighted by atomic mass is 10.2. The summed E-state index contributed by atoms with van der Waals surface area (Å²) in [5, 5.41) is 8.86. The molecular weight excluding hydrogens is 259 g/mol. The van der Waals surface area contributed by atoms with Crippen LogP contribution in [0.3, 0.4) is 0 Å². The average Bonchev–Trinajstić information content (AvgIpc) is 2.67. The molecule has 100 valence electrons. The maximum Gasteiger partial charge on any atom is 0.257 e. The molecule has 0 radical (unpaired) electrons. The third-order valence-corrected chi connectivity index (χ3v) is 2.73. The molecule has 2 N–H and O–H groups in total. The molecular formula is C12H10F3N3O. The number of aromatic nitrogens is 2. The highest BCUT2D eigenvalue weighted by Gasteiger charge is 2.16. The van der Waals surface area contributed by atoms with Gasteiger partial charge < -0.3 is 5.32 Å². The summed E-state index contributed by atoms with van der Waals surface area (Å²) in [6.07, 6.45) is 0. The fourth-order valence-corrected chi connectivity index (χ4v) is 1.47. The molecule has 0 aliphatic rings. The zero-order valence-electron chi connectivity index (χ0n) is 10.1. The first-order valence-corrected chi connectivity index (χ1v) is 5.37. The molecule has 0 fully saturated rings. The van der Waals surface area contributed by atoms with Crippen LogP contribution in [-0.2, 0) is 0 Å². The lowest BCUT2D eigenvalue weighted by molar-refractivity contribution is 0.102. The summed E-state index contributed by atoms with van der Waals surface area (Å²) in [6, 6.07) is 1.26. The fourth-order valence-electron chi connectivity index (χ4n) is 1.47. The van der Waals surface area contributed by atoms with Crippen molar-refractivity contribution in [3.05, 3.63) is 46.4 Å². The molecule has 4 nitrogen and oxygen atoms in total. The maximum atomic E-state index is 13.0. The van der Waals surface area contributed by atoms with E-state index in [1.54, 1.807) is 13.8 Å². The first kappa shape index (κ1) is 13.1. The molecule has 1 aromatic heterocycles. The summed E-state index contributed by atoms with van der Waals surface area (Å²) in [6.45, 7) is 3.48. The van der Waals surface area contributed by atoms with E-state index >= 15 is 0 Å². The lowest BCUT2D eigenvalue weighted by Crippen LogP contribution is -2.14. The van der Waals surface area contributed by atoms with Crippen LogP contribution in [0.4, 0.5) is 19.0 Å². The van der Waals surface area contributed by atoms with Crippen LogP contribution in [-0.4, -0.2) is 16.1 Å². The number of anilines is 1. The summed E-state index contributed by atoms with van der Waals surface area (Å²) in [4.78, 5) is 11.8. The Morgan fingerprint density at radius 2 is 1.79 bits per heavy atom. The van der Waals surface area contributed by atoms with Gasteiger partial charge in [0, 0.05) is 16.8 Å². The topological polar surface area (TPSA) is 57.8 Å². The molecule has 0 aliphatic heterocycles. The van der Waals surface area contributed by atoms with E-state index in [0.29, 0.717) is 17.7 Å². The van der Waals surface area contributed by atoms with E-state index in [1.165, 1.54) is 0 Å². The molecule has 7 heteroatoms. The van der Waals surface area contributed by atoms with E-state index in [4.69, 9.17) is 0 Å². The predicted molar refractivity (Wildman–Crippen MR) is 62.3 cm³/mol. The fraction of sp³-hybridized carbons (Fsp3) is 0.167. The van der Waals surface area contributed by atoms with Crippen molar-refractivity contribution in [1.82, 2.24) is 10.2 Å². The number of hydrogen-bond donors (Lipinski definition) is 2. The second-order valence-electron chi connectivity index (χ2n) is 4.03. The highest BCUT2D eigenvalue weighted by atomic mass is 19.2. The summed E-state index contributed by atoms with van der Waals surface area (Å²) in [5.74, 6) is -4.96. The maximum absolute atomic E-state index is 13.0. The highest BCUT2D eigenvalue weighted by Crippen LogP contribution is 2.17. The van der Waals surface area contributed by atoms with Crippen LogP contribution < -0.4 is 5.32 Å². The summed E-state index contributed by atoms with van der Waals surface area (Å²) >= 11 is 0. The van der Waals surface area contributed by atoms with Crippen LogP contribution in [0.5, 0.6) is 0 Å². The summed E-state index contributed by atoms with van der Waals surface area (Å²) in [5.41, 5.74) is 1.14. The molecule has 1 aromatic carbocycles. The van der Waals surface area contributed by atoms with Crippen molar-refractivity contribution in [3.8, 4) is 0 Å². The lowest BCUT2D eigenvalue weighted by Gasteiger charge is -2.04. The van der Waals surface area contributed by atoms with Gasteiger partial charge in [-0.15, -0.1) is 0 Å². The average molecular weight is 269 g/mol. The normalized spacial score (nSPS) is 10.6. The molecule has 0 saturated carbocycles. The third kappa shape index (κ3) is 2.44. The van der Waals surface area contributed by atoms with Gasteiger partial charge in [-0.2, -0.15) is 5.10 Å². The number of rotatable bonds is 2. The van der Waals surface area contributed by atoms with Gasteiger partial charge in [-0.1, -0.05) is 0 Å². The third-order valence-electron chi connectivity index (χ3n) is 2.73. The van der Waals surface area contributed by atoms with Crippen molar-refractivity contribution >= 4 is 11.7 Å². The van der Waals surface area contributed by atoms with Crippen LogP contribution in [0, 0.1) is 31.3 Å². The van der Waals surface area contributed by atoms with Gasteiger partial charge in [-0.25, -0.2) is 13.2 Å². The second kappa shape index (κ2) is 4.75. The Morgan fingerprint density at radius 3 is 2.26 bits per heavy atom. The monoisotopic (exact) mass is 269 g/mol. The van der Waals surface area contributed by atoms with Gasteiger partial charge in [0.2, 0.25) is 0 Å². The number of amides is 1. The first-order chi connectivity index (χ1) is 8.90. The van der Waals surface area contributed by atoms with Gasteiger partial charge in [0.25, 0.3) is 5.91 Å². The SMILES string of the molecule is Cc1[nH]nc(NC(=O)c2cc(F)c(F)c(F)c2)c1C. The van der Waals surface area contributed by atoms with Crippen molar-refractivity contribution in [1.29, 1.82) is 0 Å². The predicted octanol–water partition coefficient (Wildman–Crippen LogP) is 2.70. The molecule has 0 saturated heterocycles. The quantitative estimate of drug-likeness (QED) is 0.823. The Morgan fingerprint density at radius 1 is 1.21 bits per heavy atom. The summed E-state index contributed by atoms with van der Waals surface area (Å²) < 4.78 is 38.8. The van der Waals surface area contributed by atoms with Gasteiger partial charge >= 0.3 is 0 Å². The molecule has 19 heavy (non-hydrogen) atoms. The molecule has 0 bridgehead atoms. The van der Waals surface area contributed by atoms with Crippen molar-refractivity contribution < 1.29 is 18.0 Å². The first-order valence-electron chi connectivity index (χ1n) is 5.37. The Bertz CT molecular complexity index is 629. The Hall–Kier alpha value is -2.31. The van der Waals surface area contributed by atoms with Crippen LogP contribution in [0.15, 0.2) is 12.1 Å². The smallest absolute Gasteiger partial charge is 0.257 e. The Labute approximate surface area is 106 Å². The standard InChI is InChI=1S/C12H10F3N3O/c1-5-6(2)17-18-11(5)16-12(19)7-3-8(13)10(15)9(14)4-7/h3-4H,1-2H3,(H2,16,17,18,19). The van der Waals surface area contributed by atoms with Crippen molar-refractivity contribution in [2.75, 3.05) is 5.32 Å². The largest absolute Gasteiger partial charge is 0.305 e. The van der Waals surface area contributed by atoms with Crippen molar-refractivity contribution in [3.63, 3.8) is 0 Å². The van der Waals surface area contributed by atoms with Crippen molar-refractivity contribution in [2.45, 2.75) is 13.8 Å². The Balaban J connectivity index is 2.28. The number of hydrogen-bond acceptors (Lipinski definition) is 2. The molecule has 2 aromatic rings. The molecule has 0 unspecified atom stereocenters. The van der Waals surface area contributed by atoms with Crippen LogP contribution >= 0.6 is 0 Å². The van der Waals surface area contributed by atoms with Gasteiger partial charge in [-0.3, -0.25) is 9.89 Å². The number of halogens is 3. The van der Waals surface area contributed by atoms with Crippen LogP contribution in [0.2, 0.25) is 0 Å². The molecule has 0 aliphatic carbocycles. The molecule has 1 amide bonds. The summed E-state index contributed by atoms with van der Waals surface area (Å²) in [7, 11) is 0. The number of nitrogens with zero attached hydrogens (tertiary/aromatic N) is 1. The number of carbonyl (C=O) groups is 1. The number of aryl methyl sites for hydroxylation is 1. The van der Waals surface area contributed by atoms with Crippen molar-refractivity contribution in [2.24, 2.45) is 0 Å². The van der Waals surface area contributed by atoms with E-state index in [0.717, 1.165) is 5.69 Å². The zero-order chi connectivity index (χ0) is 14.2. The number of carbonyl (C=O) groups excluding carboxylic acids is 1. The minimum Gasteiger partial charge on any atom is -0.305 e. The van der Waals surface area contributed by atoms with Crippen LogP contribution in [0.1, 0.15) is 21.6 Å². The number of H-pyrrole nitrogens is 1. The number of nitrogens with one attached hydrogen (secondary N) is 2. The van der Waals surface area contributed by atoms with E-state index in [2.05, 4.69) is 15.5 Å². The van der Waals surface area contributed by atoms with Gasteiger partial charge in [0.1, 0.15) is 0 Å². The molecule has 0 atom stereocenters. The molecule has 2 rings (SSSR count). The zero-order valence-corrected chi connectivity index (χ0v) is 10.1. The number of benzene rings is 1. The van der Waals surface area contributed by atoms with E-state index in [1.807, 2.05) is 0 Å². The van der Waals surface area contributed by atoms with E-state index in [9.17, 15) is 18.0 Å². The van der Waals surface area contributed by atoms with Crippen LogP contribution in [0.25, 0.3) is 0 Å². The van der Waals surface area contributed by atoms with Gasteiger partial charge in [0.05, 0.1) is 0 Å². The van der Waals surface area contributed by atoms with Gasteiger partial charge in [0.15, 0.2) is 23.3 Å². The minimum atomic E-state index is -1.61. The second-order valence-corrected chi connectivity index (χ2v) is 4.03. The Kier molecular flexibility index (Phi) is 3.28. The van der Waals surface area contributed by atoms with Gasteiger partial charge in [-0.05, 0) is 26.0 Å². The highest BCUT2D eigenvalue weighted by molar-refractivity contribution is 6.04. The molecule has 1 heterocycles. The van der Waals surface area contributed by atoms with E-state index in [-0.39, 0.29) is 11.4 Å².